The maximum atomic E-state index is 13.4. The molecular formula is C27H27N3O2S. The van der Waals surface area contributed by atoms with E-state index in [0.717, 1.165) is 34.7 Å². The standard InChI is InChI=1S/C27H27N3O2S/c1-30(2)17-18-32-24-16-10-9-15-22(24)23-19-33-27(28-23)29-26(31)25(20-11-5-3-6-12-20)21-13-7-4-8-14-21/h3-16,19,25H,17-18H2,1-2H3,(H,28,29,31). The first-order chi connectivity index (χ1) is 16.1. The molecule has 0 saturated heterocycles. The van der Waals surface area contributed by atoms with E-state index in [0.29, 0.717) is 11.7 Å². The van der Waals surface area contributed by atoms with Gasteiger partial charge in [-0.2, -0.15) is 0 Å². The Hall–Kier alpha value is -3.48. The number of thiazole rings is 1. The maximum absolute atomic E-state index is 13.4. The Kier molecular flexibility index (Phi) is 7.50. The summed E-state index contributed by atoms with van der Waals surface area (Å²) >= 11 is 1.41. The number of aromatic nitrogens is 1. The fourth-order valence-corrected chi connectivity index (χ4v) is 4.27. The largest absolute Gasteiger partial charge is 0.492 e. The summed E-state index contributed by atoms with van der Waals surface area (Å²) in [5, 5.41) is 5.54. The Labute approximate surface area is 198 Å². The predicted octanol–water partition coefficient (Wildman–Crippen LogP) is 5.52. The molecule has 33 heavy (non-hydrogen) atoms. The minimum absolute atomic E-state index is 0.108. The summed E-state index contributed by atoms with van der Waals surface area (Å²) in [5.41, 5.74) is 3.58. The van der Waals surface area contributed by atoms with Gasteiger partial charge in [-0.25, -0.2) is 4.98 Å². The lowest BCUT2D eigenvalue weighted by atomic mass is 9.90. The summed E-state index contributed by atoms with van der Waals surface area (Å²) < 4.78 is 5.98. The molecule has 0 atom stereocenters. The molecule has 0 aliphatic heterocycles. The molecule has 0 bridgehead atoms. The van der Waals surface area contributed by atoms with Crippen molar-refractivity contribution in [2.24, 2.45) is 0 Å². The quantitative estimate of drug-likeness (QED) is 0.360. The Morgan fingerprint density at radius 3 is 2.18 bits per heavy atom. The van der Waals surface area contributed by atoms with Crippen molar-refractivity contribution in [3.63, 3.8) is 0 Å². The van der Waals surface area contributed by atoms with Gasteiger partial charge in [0.15, 0.2) is 5.13 Å². The fourth-order valence-electron chi connectivity index (χ4n) is 3.56. The maximum Gasteiger partial charge on any atom is 0.238 e. The second-order valence-corrected chi connectivity index (χ2v) is 8.79. The van der Waals surface area contributed by atoms with Crippen LogP contribution in [0.15, 0.2) is 90.3 Å². The number of ether oxygens (including phenoxy) is 1. The number of nitrogens with one attached hydrogen (secondary N) is 1. The van der Waals surface area contributed by atoms with E-state index in [2.05, 4.69) is 10.2 Å². The van der Waals surface area contributed by atoms with E-state index in [1.807, 2.05) is 104 Å². The highest BCUT2D eigenvalue weighted by Gasteiger charge is 2.23. The minimum atomic E-state index is -0.415. The summed E-state index contributed by atoms with van der Waals surface area (Å²) in [6, 6.07) is 27.5. The van der Waals surface area contributed by atoms with Gasteiger partial charge in [0.25, 0.3) is 0 Å². The van der Waals surface area contributed by atoms with Crippen LogP contribution < -0.4 is 10.1 Å². The van der Waals surface area contributed by atoms with E-state index in [1.54, 1.807) is 0 Å². The SMILES string of the molecule is CN(C)CCOc1ccccc1-c1csc(NC(=O)C(c2ccccc2)c2ccccc2)n1. The van der Waals surface area contributed by atoms with E-state index >= 15 is 0 Å². The third-order valence-corrected chi connectivity index (χ3v) is 5.98. The molecule has 4 rings (SSSR count). The van der Waals surface area contributed by atoms with Crippen LogP contribution in [-0.4, -0.2) is 43.0 Å². The summed E-state index contributed by atoms with van der Waals surface area (Å²) in [4.78, 5) is 20.1. The molecule has 1 heterocycles. The van der Waals surface area contributed by atoms with Crippen LogP contribution in [0.4, 0.5) is 5.13 Å². The highest BCUT2D eigenvalue weighted by atomic mass is 32.1. The molecule has 0 radical (unpaired) electrons. The number of nitrogens with zero attached hydrogens (tertiary/aromatic N) is 2. The molecule has 0 unspecified atom stereocenters. The number of carbonyl (C=O) groups is 1. The smallest absolute Gasteiger partial charge is 0.238 e. The molecule has 4 aromatic rings. The van der Waals surface area contributed by atoms with Gasteiger partial charge in [0.05, 0.1) is 11.6 Å². The van der Waals surface area contributed by atoms with Gasteiger partial charge in [0.2, 0.25) is 5.91 Å². The Morgan fingerprint density at radius 2 is 1.55 bits per heavy atom. The van der Waals surface area contributed by atoms with Crippen molar-refractivity contribution in [1.82, 2.24) is 9.88 Å². The fraction of sp³-hybridized carbons (Fsp3) is 0.185. The zero-order valence-corrected chi connectivity index (χ0v) is 19.6. The molecule has 0 aliphatic carbocycles. The van der Waals surface area contributed by atoms with E-state index < -0.39 is 5.92 Å². The Balaban J connectivity index is 1.54. The highest BCUT2D eigenvalue weighted by Crippen LogP contribution is 2.33. The second-order valence-electron chi connectivity index (χ2n) is 7.93. The van der Waals surface area contributed by atoms with Crippen LogP contribution >= 0.6 is 11.3 Å². The number of likely N-dealkylation sites (N-methyl/N-ethyl adjacent to an activating group) is 1. The highest BCUT2D eigenvalue weighted by molar-refractivity contribution is 7.14. The van der Waals surface area contributed by atoms with Crippen molar-refractivity contribution in [3.05, 3.63) is 101 Å². The first kappa shape index (κ1) is 22.7. The van der Waals surface area contributed by atoms with Crippen molar-refractivity contribution in [3.8, 4) is 17.0 Å². The van der Waals surface area contributed by atoms with Crippen molar-refractivity contribution >= 4 is 22.4 Å². The van der Waals surface area contributed by atoms with Crippen LogP contribution in [-0.2, 0) is 4.79 Å². The predicted molar refractivity (Wildman–Crippen MR) is 135 cm³/mol. The molecule has 6 heteroatoms. The molecule has 0 aliphatic rings. The summed E-state index contributed by atoms with van der Waals surface area (Å²) in [5.74, 6) is 0.263. The number of amides is 1. The first-order valence-corrected chi connectivity index (χ1v) is 11.7. The van der Waals surface area contributed by atoms with E-state index in [4.69, 9.17) is 9.72 Å². The zero-order chi connectivity index (χ0) is 23.0. The molecule has 1 amide bonds. The third-order valence-electron chi connectivity index (χ3n) is 5.22. The van der Waals surface area contributed by atoms with E-state index in [-0.39, 0.29) is 5.91 Å². The summed E-state index contributed by atoms with van der Waals surface area (Å²) in [6.07, 6.45) is 0. The van der Waals surface area contributed by atoms with Crippen LogP contribution in [0.3, 0.4) is 0 Å². The average Bonchev–Trinajstić information content (AvgIpc) is 3.29. The number of para-hydroxylation sites is 1. The van der Waals surface area contributed by atoms with Gasteiger partial charge in [-0.3, -0.25) is 4.79 Å². The normalized spacial score (nSPS) is 11.0. The van der Waals surface area contributed by atoms with E-state index in [1.165, 1.54) is 11.3 Å². The molecular weight excluding hydrogens is 430 g/mol. The van der Waals surface area contributed by atoms with Crippen molar-refractivity contribution < 1.29 is 9.53 Å². The Morgan fingerprint density at radius 1 is 0.939 bits per heavy atom. The number of hydrogen-bond donors (Lipinski definition) is 1. The van der Waals surface area contributed by atoms with Gasteiger partial charge in [-0.15, -0.1) is 11.3 Å². The zero-order valence-electron chi connectivity index (χ0n) is 18.8. The summed E-state index contributed by atoms with van der Waals surface area (Å²) in [7, 11) is 4.03. The average molecular weight is 458 g/mol. The monoisotopic (exact) mass is 457 g/mol. The van der Waals surface area contributed by atoms with Crippen LogP contribution in [0, 0.1) is 0 Å². The van der Waals surface area contributed by atoms with Crippen LogP contribution in [0.2, 0.25) is 0 Å². The number of rotatable bonds is 9. The molecule has 0 spiro atoms. The molecule has 168 valence electrons. The number of benzene rings is 3. The Bertz CT molecular complexity index is 1140. The topological polar surface area (TPSA) is 54.5 Å². The summed E-state index contributed by atoms with van der Waals surface area (Å²) in [6.45, 7) is 1.42. The molecule has 0 fully saturated rings. The first-order valence-electron chi connectivity index (χ1n) is 10.8. The van der Waals surface area contributed by atoms with Crippen LogP contribution in [0.5, 0.6) is 5.75 Å². The number of anilines is 1. The molecule has 1 N–H and O–H groups in total. The lowest BCUT2D eigenvalue weighted by Gasteiger charge is -2.17. The van der Waals surface area contributed by atoms with Gasteiger partial charge in [-0.1, -0.05) is 72.8 Å². The molecule has 0 saturated carbocycles. The molecule has 3 aromatic carbocycles. The van der Waals surface area contributed by atoms with Crippen LogP contribution in [0.25, 0.3) is 11.3 Å². The molecule has 5 nitrogen and oxygen atoms in total. The minimum Gasteiger partial charge on any atom is -0.492 e. The van der Waals surface area contributed by atoms with Crippen molar-refractivity contribution in [2.75, 3.05) is 32.6 Å². The van der Waals surface area contributed by atoms with Gasteiger partial charge in [0.1, 0.15) is 12.4 Å². The number of hydrogen-bond acceptors (Lipinski definition) is 5. The second kappa shape index (κ2) is 10.9. The van der Waals surface area contributed by atoms with Crippen LogP contribution in [0.1, 0.15) is 17.0 Å². The van der Waals surface area contributed by atoms with Gasteiger partial charge in [0, 0.05) is 17.5 Å². The lowest BCUT2D eigenvalue weighted by Crippen LogP contribution is -2.22. The third kappa shape index (κ3) is 5.86. The van der Waals surface area contributed by atoms with Gasteiger partial charge >= 0.3 is 0 Å². The van der Waals surface area contributed by atoms with Crippen molar-refractivity contribution in [2.45, 2.75) is 5.92 Å². The number of carbonyl (C=O) groups excluding carboxylic acids is 1. The van der Waals surface area contributed by atoms with Gasteiger partial charge in [-0.05, 0) is 37.4 Å². The van der Waals surface area contributed by atoms with E-state index in [9.17, 15) is 4.79 Å². The molecule has 1 aromatic heterocycles. The van der Waals surface area contributed by atoms with Gasteiger partial charge < -0.3 is 15.0 Å². The van der Waals surface area contributed by atoms with Crippen molar-refractivity contribution in [1.29, 1.82) is 0 Å². The lowest BCUT2D eigenvalue weighted by molar-refractivity contribution is -0.116.